The summed E-state index contributed by atoms with van der Waals surface area (Å²) in [6, 6.07) is 7.15. The zero-order chi connectivity index (χ0) is 15.8. The maximum Gasteiger partial charge on any atom is 0.126 e. The molecule has 2 heteroatoms. The highest BCUT2D eigenvalue weighted by Crippen LogP contribution is 2.45. The molecular weight excluding hydrogens is 258 g/mol. The van der Waals surface area contributed by atoms with Gasteiger partial charge in [0.05, 0.1) is 0 Å². The van der Waals surface area contributed by atoms with Gasteiger partial charge in [0.15, 0.2) is 0 Å². The van der Waals surface area contributed by atoms with Crippen molar-refractivity contribution in [2.75, 3.05) is 7.05 Å². The molecule has 1 fully saturated rings. The molecule has 1 aliphatic rings. The van der Waals surface area contributed by atoms with Crippen molar-refractivity contribution in [2.24, 2.45) is 5.41 Å². The van der Waals surface area contributed by atoms with E-state index in [-0.39, 0.29) is 5.41 Å². The largest absolute Gasteiger partial charge is 0.489 e. The third-order valence-electron chi connectivity index (χ3n) is 5.11. The quantitative estimate of drug-likeness (QED) is 0.848. The Morgan fingerprint density at radius 2 is 1.62 bits per heavy atom. The van der Waals surface area contributed by atoms with E-state index in [1.165, 1.54) is 11.1 Å². The van der Waals surface area contributed by atoms with Crippen LogP contribution in [0, 0.1) is 5.41 Å². The van der Waals surface area contributed by atoms with Gasteiger partial charge in [-0.15, -0.1) is 0 Å². The Bertz CT molecular complexity index is 464. The van der Waals surface area contributed by atoms with Gasteiger partial charge in [-0.05, 0) is 30.0 Å². The van der Waals surface area contributed by atoms with Crippen LogP contribution in [0.25, 0.3) is 0 Å². The van der Waals surface area contributed by atoms with E-state index in [1.54, 1.807) is 0 Å². The molecule has 118 valence electrons. The molecule has 1 aliphatic carbocycles. The van der Waals surface area contributed by atoms with Crippen LogP contribution in [0.2, 0.25) is 0 Å². The van der Waals surface area contributed by atoms with E-state index in [9.17, 15) is 0 Å². The second kappa shape index (κ2) is 6.00. The standard InChI is InChI=1S/C19H31NO/c1-12(2)14-9-8-10-15(13(3)4)18(14)21-17-11-16(20-7)19(17,5)6/h8-10,12-13,16-17,20H,11H2,1-7H3. The molecule has 21 heavy (non-hydrogen) atoms. The molecule has 2 nitrogen and oxygen atoms in total. The molecule has 0 amide bonds. The zero-order valence-electron chi connectivity index (χ0n) is 14.7. The Morgan fingerprint density at radius 1 is 1.10 bits per heavy atom. The molecule has 1 saturated carbocycles. The molecule has 0 aromatic heterocycles. The SMILES string of the molecule is CNC1CC(Oc2c(C(C)C)cccc2C(C)C)C1(C)C. The van der Waals surface area contributed by atoms with Crippen LogP contribution in [0.5, 0.6) is 5.75 Å². The predicted octanol–water partition coefficient (Wildman–Crippen LogP) is 4.70. The summed E-state index contributed by atoms with van der Waals surface area (Å²) in [5.74, 6) is 2.11. The van der Waals surface area contributed by atoms with Crippen molar-refractivity contribution >= 4 is 0 Å². The lowest BCUT2D eigenvalue weighted by Gasteiger charge is -2.51. The second-order valence-electron chi connectivity index (χ2n) is 7.58. The van der Waals surface area contributed by atoms with Gasteiger partial charge in [0.2, 0.25) is 0 Å². The maximum atomic E-state index is 6.54. The van der Waals surface area contributed by atoms with Crippen molar-refractivity contribution in [1.82, 2.24) is 5.32 Å². The molecule has 1 aromatic carbocycles. The second-order valence-corrected chi connectivity index (χ2v) is 7.58. The van der Waals surface area contributed by atoms with Crippen molar-refractivity contribution in [2.45, 2.75) is 71.9 Å². The maximum absolute atomic E-state index is 6.54. The van der Waals surface area contributed by atoms with Gasteiger partial charge in [-0.1, -0.05) is 59.7 Å². The average Bonchev–Trinajstić information content (AvgIpc) is 2.42. The lowest BCUT2D eigenvalue weighted by Crippen LogP contribution is -2.61. The summed E-state index contributed by atoms with van der Waals surface area (Å²) < 4.78 is 6.54. The third kappa shape index (κ3) is 2.96. The van der Waals surface area contributed by atoms with Crippen LogP contribution in [-0.4, -0.2) is 19.2 Å². The first-order valence-electron chi connectivity index (χ1n) is 8.25. The monoisotopic (exact) mass is 289 g/mol. The van der Waals surface area contributed by atoms with E-state index in [0.29, 0.717) is 24.0 Å². The number of para-hydroxylation sites is 1. The Labute approximate surface area is 130 Å². The van der Waals surface area contributed by atoms with Gasteiger partial charge in [-0.3, -0.25) is 0 Å². The van der Waals surface area contributed by atoms with Crippen molar-refractivity contribution in [1.29, 1.82) is 0 Å². The first kappa shape index (κ1) is 16.4. The summed E-state index contributed by atoms with van der Waals surface area (Å²) >= 11 is 0. The van der Waals surface area contributed by atoms with Gasteiger partial charge in [0.25, 0.3) is 0 Å². The summed E-state index contributed by atoms with van der Waals surface area (Å²) in [5, 5.41) is 3.40. The molecule has 0 aliphatic heterocycles. The van der Waals surface area contributed by atoms with E-state index in [4.69, 9.17) is 4.74 Å². The molecule has 1 N–H and O–H groups in total. The van der Waals surface area contributed by atoms with E-state index < -0.39 is 0 Å². The van der Waals surface area contributed by atoms with Gasteiger partial charge in [-0.2, -0.15) is 0 Å². The summed E-state index contributed by atoms with van der Waals surface area (Å²) in [4.78, 5) is 0. The smallest absolute Gasteiger partial charge is 0.126 e. The highest BCUT2D eigenvalue weighted by molar-refractivity contribution is 5.45. The lowest BCUT2D eigenvalue weighted by atomic mass is 9.64. The van der Waals surface area contributed by atoms with Gasteiger partial charge < -0.3 is 10.1 Å². The molecule has 0 saturated heterocycles. The normalized spacial score (nSPS) is 24.2. The summed E-state index contributed by atoms with van der Waals surface area (Å²) in [5.41, 5.74) is 2.86. The third-order valence-corrected chi connectivity index (χ3v) is 5.11. The molecule has 2 atom stereocenters. The summed E-state index contributed by atoms with van der Waals surface area (Å²) in [7, 11) is 2.05. The molecule has 0 radical (unpaired) electrons. The Kier molecular flexibility index (Phi) is 4.67. The van der Waals surface area contributed by atoms with Crippen molar-refractivity contribution in [3.05, 3.63) is 29.3 Å². The topological polar surface area (TPSA) is 21.3 Å². The molecule has 0 spiro atoms. The van der Waals surface area contributed by atoms with Crippen LogP contribution in [-0.2, 0) is 0 Å². The van der Waals surface area contributed by atoms with Crippen LogP contribution in [0.3, 0.4) is 0 Å². The Hall–Kier alpha value is -1.02. The minimum Gasteiger partial charge on any atom is -0.489 e. The van der Waals surface area contributed by atoms with E-state index in [1.807, 2.05) is 7.05 Å². The number of nitrogens with one attached hydrogen (secondary N) is 1. The molecule has 2 rings (SSSR count). The van der Waals surface area contributed by atoms with Gasteiger partial charge >= 0.3 is 0 Å². The molecule has 2 unspecified atom stereocenters. The van der Waals surface area contributed by atoms with Crippen LogP contribution >= 0.6 is 0 Å². The van der Waals surface area contributed by atoms with Crippen LogP contribution in [0.1, 0.15) is 70.9 Å². The van der Waals surface area contributed by atoms with Gasteiger partial charge in [-0.25, -0.2) is 0 Å². The molecule has 1 aromatic rings. The van der Waals surface area contributed by atoms with Crippen molar-refractivity contribution in [3.63, 3.8) is 0 Å². The highest BCUT2D eigenvalue weighted by Gasteiger charge is 2.49. The van der Waals surface area contributed by atoms with Crippen molar-refractivity contribution < 1.29 is 4.74 Å². The summed E-state index contributed by atoms with van der Waals surface area (Å²) in [6.45, 7) is 13.6. The number of hydrogen-bond acceptors (Lipinski definition) is 2. The molecular formula is C19H31NO. The number of hydrogen-bond donors (Lipinski definition) is 1. The fraction of sp³-hybridized carbons (Fsp3) is 0.684. The Morgan fingerprint density at radius 3 is 2.00 bits per heavy atom. The zero-order valence-corrected chi connectivity index (χ0v) is 14.7. The van der Waals surface area contributed by atoms with Gasteiger partial charge in [0, 0.05) is 17.9 Å². The predicted molar refractivity (Wildman–Crippen MR) is 90.3 cm³/mol. The molecule has 0 heterocycles. The fourth-order valence-electron chi connectivity index (χ4n) is 3.34. The van der Waals surface area contributed by atoms with E-state index >= 15 is 0 Å². The van der Waals surface area contributed by atoms with Crippen LogP contribution in [0.4, 0.5) is 0 Å². The van der Waals surface area contributed by atoms with Crippen molar-refractivity contribution in [3.8, 4) is 5.75 Å². The number of benzene rings is 1. The molecule has 0 bridgehead atoms. The summed E-state index contributed by atoms with van der Waals surface area (Å²) in [6.07, 6.45) is 1.39. The number of rotatable bonds is 5. The lowest BCUT2D eigenvalue weighted by molar-refractivity contribution is -0.0531. The van der Waals surface area contributed by atoms with Crippen LogP contribution in [0.15, 0.2) is 18.2 Å². The Balaban J connectivity index is 2.31. The average molecular weight is 289 g/mol. The minimum absolute atomic E-state index is 0.188. The van der Waals surface area contributed by atoms with E-state index in [0.717, 1.165) is 12.2 Å². The van der Waals surface area contributed by atoms with Gasteiger partial charge in [0.1, 0.15) is 11.9 Å². The first-order valence-corrected chi connectivity index (χ1v) is 8.25. The van der Waals surface area contributed by atoms with Crippen LogP contribution < -0.4 is 10.1 Å². The highest BCUT2D eigenvalue weighted by atomic mass is 16.5. The minimum atomic E-state index is 0.188. The number of ether oxygens (including phenoxy) is 1. The first-order chi connectivity index (χ1) is 9.78. The fourth-order valence-corrected chi connectivity index (χ4v) is 3.34. The van der Waals surface area contributed by atoms with E-state index in [2.05, 4.69) is 65.1 Å².